The molecule has 2 aliphatic heterocycles. The van der Waals surface area contributed by atoms with Crippen LogP contribution in [0.5, 0.6) is 0 Å². The number of piperidine rings is 1. The molecule has 0 aromatic carbocycles. The van der Waals surface area contributed by atoms with Gasteiger partial charge in [0.1, 0.15) is 11.5 Å². The Labute approximate surface area is 181 Å². The number of pyridine rings is 2. The van der Waals surface area contributed by atoms with Gasteiger partial charge in [-0.1, -0.05) is 0 Å². The molecule has 2 fully saturated rings. The van der Waals surface area contributed by atoms with Crippen LogP contribution < -0.4 is 4.90 Å². The molecular weight excluding hydrogens is 414 g/mol. The minimum Gasteiger partial charge on any atom is -0.357 e. The van der Waals surface area contributed by atoms with Crippen LogP contribution in [0.25, 0.3) is 11.0 Å². The molecule has 31 heavy (non-hydrogen) atoms. The van der Waals surface area contributed by atoms with E-state index in [0.717, 1.165) is 37.4 Å². The van der Waals surface area contributed by atoms with E-state index in [4.69, 9.17) is 0 Å². The zero-order chi connectivity index (χ0) is 21.4. The van der Waals surface area contributed by atoms with Gasteiger partial charge >= 0.3 is 0 Å². The van der Waals surface area contributed by atoms with Gasteiger partial charge in [0.15, 0.2) is 9.84 Å². The summed E-state index contributed by atoms with van der Waals surface area (Å²) in [5, 5.41) is 1.20. The molecular formula is C22H25N5O3S. The van der Waals surface area contributed by atoms with Gasteiger partial charge in [0.2, 0.25) is 0 Å². The predicted octanol–water partition coefficient (Wildman–Crippen LogP) is 2.21. The van der Waals surface area contributed by atoms with Gasteiger partial charge < -0.3 is 14.8 Å². The van der Waals surface area contributed by atoms with Gasteiger partial charge in [-0.15, -0.1) is 0 Å². The number of carbonyl (C=O) groups excluding carboxylic acids is 1. The Morgan fingerprint density at radius 3 is 2.52 bits per heavy atom. The van der Waals surface area contributed by atoms with E-state index in [1.165, 1.54) is 10.9 Å². The fourth-order valence-corrected chi connectivity index (χ4v) is 5.73. The van der Waals surface area contributed by atoms with Crippen LogP contribution in [0.15, 0.2) is 42.9 Å². The van der Waals surface area contributed by atoms with E-state index in [-0.39, 0.29) is 30.5 Å². The molecule has 0 bridgehead atoms. The highest BCUT2D eigenvalue weighted by atomic mass is 32.2. The summed E-state index contributed by atoms with van der Waals surface area (Å²) in [6, 6.07) is 7.79. The first kappa shape index (κ1) is 20.0. The number of rotatable bonds is 3. The van der Waals surface area contributed by atoms with Crippen LogP contribution in [0, 0.1) is 0 Å². The van der Waals surface area contributed by atoms with Crippen LogP contribution in [0.4, 0.5) is 5.82 Å². The fourth-order valence-electron chi connectivity index (χ4n) is 4.53. The van der Waals surface area contributed by atoms with E-state index < -0.39 is 9.84 Å². The minimum absolute atomic E-state index is 0.0334. The topological polar surface area (TPSA) is 99.3 Å². The molecule has 162 valence electrons. The largest absolute Gasteiger partial charge is 0.357 e. The number of amides is 1. The zero-order valence-corrected chi connectivity index (χ0v) is 18.0. The second kappa shape index (κ2) is 7.96. The maximum Gasteiger partial charge on any atom is 0.255 e. The fraction of sp³-hybridized carbons (Fsp3) is 0.409. The van der Waals surface area contributed by atoms with Crippen molar-refractivity contribution in [2.75, 3.05) is 42.6 Å². The number of hydrogen-bond donors (Lipinski definition) is 1. The highest BCUT2D eigenvalue weighted by Crippen LogP contribution is 2.33. The Morgan fingerprint density at radius 1 is 1.03 bits per heavy atom. The highest BCUT2D eigenvalue weighted by Gasteiger charge is 2.27. The Hall–Kier alpha value is -2.94. The smallest absolute Gasteiger partial charge is 0.255 e. The third kappa shape index (κ3) is 4.01. The van der Waals surface area contributed by atoms with Crippen molar-refractivity contribution in [1.82, 2.24) is 19.9 Å². The first-order valence-electron chi connectivity index (χ1n) is 10.6. The molecule has 5 rings (SSSR count). The standard InChI is InChI=1S/C22H25N5O3S/c28-22(27-10-12-31(29,30)13-11-27)17-3-4-20(24-14-17)26-8-5-16(6-9-26)19-15-25-21-18(19)2-1-7-23-21/h1-4,7,14-16H,5-6,8-13H2,(H,23,25). The van der Waals surface area contributed by atoms with Crippen LogP contribution in [0.1, 0.15) is 34.7 Å². The van der Waals surface area contributed by atoms with Crippen molar-refractivity contribution in [2.24, 2.45) is 0 Å². The predicted molar refractivity (Wildman–Crippen MR) is 119 cm³/mol. The van der Waals surface area contributed by atoms with Crippen LogP contribution >= 0.6 is 0 Å². The molecule has 2 saturated heterocycles. The Morgan fingerprint density at radius 2 is 1.81 bits per heavy atom. The molecule has 5 heterocycles. The van der Waals surface area contributed by atoms with Crippen LogP contribution in [0.3, 0.4) is 0 Å². The summed E-state index contributed by atoms with van der Waals surface area (Å²) >= 11 is 0. The van der Waals surface area contributed by atoms with E-state index in [2.05, 4.69) is 32.1 Å². The number of nitrogens with one attached hydrogen (secondary N) is 1. The molecule has 9 heteroatoms. The van der Waals surface area contributed by atoms with Crippen molar-refractivity contribution in [1.29, 1.82) is 0 Å². The maximum absolute atomic E-state index is 12.6. The molecule has 2 aliphatic rings. The van der Waals surface area contributed by atoms with Crippen molar-refractivity contribution in [3.63, 3.8) is 0 Å². The Kier molecular flexibility index (Phi) is 5.13. The van der Waals surface area contributed by atoms with Crippen molar-refractivity contribution in [2.45, 2.75) is 18.8 Å². The van der Waals surface area contributed by atoms with Gasteiger partial charge in [0.25, 0.3) is 5.91 Å². The van der Waals surface area contributed by atoms with Crippen molar-refractivity contribution in [3.8, 4) is 0 Å². The number of H-pyrrole nitrogens is 1. The number of aromatic amines is 1. The molecule has 0 radical (unpaired) electrons. The van der Waals surface area contributed by atoms with Crippen LogP contribution in [0.2, 0.25) is 0 Å². The lowest BCUT2D eigenvalue weighted by atomic mass is 9.89. The first-order chi connectivity index (χ1) is 15.0. The normalized spacial score (nSPS) is 19.6. The molecule has 1 N–H and O–H groups in total. The van der Waals surface area contributed by atoms with E-state index in [0.29, 0.717) is 11.5 Å². The number of hydrogen-bond acceptors (Lipinski definition) is 6. The Balaban J connectivity index is 1.22. The molecule has 3 aromatic rings. The number of nitrogens with zero attached hydrogens (tertiary/aromatic N) is 4. The van der Waals surface area contributed by atoms with E-state index in [1.807, 2.05) is 12.1 Å². The molecule has 0 unspecified atom stereocenters. The summed E-state index contributed by atoms with van der Waals surface area (Å²) in [6.07, 6.45) is 7.57. The van der Waals surface area contributed by atoms with Gasteiger partial charge in [-0.3, -0.25) is 4.79 Å². The van der Waals surface area contributed by atoms with Gasteiger partial charge in [0, 0.05) is 50.2 Å². The highest BCUT2D eigenvalue weighted by molar-refractivity contribution is 7.91. The van der Waals surface area contributed by atoms with Crippen molar-refractivity contribution < 1.29 is 13.2 Å². The Bertz CT molecular complexity index is 1180. The SMILES string of the molecule is O=C(c1ccc(N2CCC(c3c[nH]c4ncccc34)CC2)nc1)N1CCS(=O)(=O)CC1. The van der Waals surface area contributed by atoms with Crippen LogP contribution in [-0.2, 0) is 9.84 Å². The van der Waals surface area contributed by atoms with Crippen molar-refractivity contribution >= 4 is 32.6 Å². The second-order valence-electron chi connectivity index (χ2n) is 8.25. The summed E-state index contributed by atoms with van der Waals surface area (Å²) in [5.74, 6) is 1.28. The summed E-state index contributed by atoms with van der Waals surface area (Å²) in [7, 11) is -3.01. The lowest BCUT2D eigenvalue weighted by Crippen LogP contribution is -2.43. The quantitative estimate of drug-likeness (QED) is 0.672. The van der Waals surface area contributed by atoms with E-state index >= 15 is 0 Å². The number of anilines is 1. The van der Waals surface area contributed by atoms with Crippen molar-refractivity contribution in [3.05, 3.63) is 54.0 Å². The minimum atomic E-state index is -3.01. The summed E-state index contributed by atoms with van der Waals surface area (Å²) in [6.45, 7) is 2.31. The average molecular weight is 440 g/mol. The average Bonchev–Trinajstić information content (AvgIpc) is 3.23. The number of sulfone groups is 1. The third-order valence-electron chi connectivity index (χ3n) is 6.37. The van der Waals surface area contributed by atoms with E-state index in [1.54, 1.807) is 23.4 Å². The monoisotopic (exact) mass is 439 g/mol. The molecule has 1 amide bonds. The number of carbonyl (C=O) groups is 1. The number of fused-ring (bicyclic) bond motifs is 1. The number of aromatic nitrogens is 3. The third-order valence-corrected chi connectivity index (χ3v) is 7.98. The van der Waals surface area contributed by atoms with Gasteiger partial charge in [-0.25, -0.2) is 18.4 Å². The van der Waals surface area contributed by atoms with Gasteiger partial charge in [0.05, 0.1) is 17.1 Å². The second-order valence-corrected chi connectivity index (χ2v) is 10.6. The lowest BCUT2D eigenvalue weighted by molar-refractivity contribution is 0.0770. The summed E-state index contributed by atoms with van der Waals surface area (Å²) < 4.78 is 23.2. The maximum atomic E-state index is 12.6. The molecule has 0 saturated carbocycles. The summed E-state index contributed by atoms with van der Waals surface area (Å²) in [5.41, 5.74) is 2.78. The zero-order valence-electron chi connectivity index (χ0n) is 17.2. The van der Waals surface area contributed by atoms with E-state index in [9.17, 15) is 13.2 Å². The summed E-state index contributed by atoms with van der Waals surface area (Å²) in [4.78, 5) is 28.7. The van der Waals surface area contributed by atoms with Gasteiger partial charge in [-0.2, -0.15) is 0 Å². The van der Waals surface area contributed by atoms with Gasteiger partial charge in [-0.05, 0) is 48.6 Å². The molecule has 0 aliphatic carbocycles. The molecule has 3 aromatic heterocycles. The van der Waals surface area contributed by atoms with Crippen LogP contribution in [-0.4, -0.2) is 71.9 Å². The molecule has 0 spiro atoms. The molecule has 8 nitrogen and oxygen atoms in total. The lowest BCUT2D eigenvalue weighted by Gasteiger charge is -2.33. The first-order valence-corrected chi connectivity index (χ1v) is 12.4. The molecule has 0 atom stereocenters.